The number of amides is 1. The normalized spacial score (nSPS) is 14.2. The van der Waals surface area contributed by atoms with Crippen LogP contribution in [-0.2, 0) is 25.4 Å². The third-order valence-electron chi connectivity index (χ3n) is 6.42. The van der Waals surface area contributed by atoms with Crippen LogP contribution in [0.1, 0.15) is 25.7 Å². The first kappa shape index (κ1) is 23.5. The molecule has 0 saturated carbocycles. The molecule has 5 heterocycles. The van der Waals surface area contributed by atoms with Crippen LogP contribution < -0.4 is 16.1 Å². The molecule has 1 aliphatic heterocycles. The summed E-state index contributed by atoms with van der Waals surface area (Å²) in [4.78, 5) is 54.8. The Balaban J connectivity index is 1.24. The highest BCUT2D eigenvalue weighted by Gasteiger charge is 2.24. The number of aryl methyl sites for hydroxylation is 1. The van der Waals surface area contributed by atoms with Crippen LogP contribution in [0, 0.1) is 0 Å². The molecule has 1 saturated heterocycles. The number of hydrogen-bond acceptors (Lipinski definition) is 9. The molecule has 0 aromatic carbocycles. The Hall–Kier alpha value is -4.29. The van der Waals surface area contributed by atoms with Crippen LogP contribution in [0.15, 0.2) is 38.8 Å². The molecule has 0 radical (unpaired) electrons. The highest BCUT2D eigenvalue weighted by atomic mass is 16.5. The van der Waals surface area contributed by atoms with Crippen molar-refractivity contribution < 1.29 is 9.32 Å². The zero-order chi connectivity index (χ0) is 25.6. The van der Waals surface area contributed by atoms with Crippen molar-refractivity contribution in [2.24, 2.45) is 14.1 Å². The fraction of sp³-hybridized carbons (Fsp3) is 0.435. The summed E-state index contributed by atoms with van der Waals surface area (Å²) < 4.78 is 9.10. The fourth-order valence-electron chi connectivity index (χ4n) is 4.24. The minimum Gasteiger partial charge on any atom is -0.353 e. The van der Waals surface area contributed by atoms with Crippen molar-refractivity contribution in [3.63, 3.8) is 0 Å². The second-order valence-corrected chi connectivity index (χ2v) is 9.13. The van der Waals surface area contributed by atoms with Crippen LogP contribution >= 0.6 is 0 Å². The van der Waals surface area contributed by atoms with E-state index in [1.165, 1.54) is 22.5 Å². The Labute approximate surface area is 205 Å². The lowest BCUT2D eigenvalue weighted by atomic mass is 10.2. The second-order valence-electron chi connectivity index (χ2n) is 9.13. The molecule has 13 heteroatoms. The molecule has 1 aliphatic rings. The van der Waals surface area contributed by atoms with Gasteiger partial charge in [0.05, 0.1) is 6.33 Å². The van der Waals surface area contributed by atoms with E-state index >= 15 is 0 Å². The Bertz CT molecular complexity index is 1540. The topological polar surface area (TPSA) is 137 Å². The van der Waals surface area contributed by atoms with Gasteiger partial charge in [-0.05, 0) is 12.1 Å². The average molecular weight is 494 g/mol. The van der Waals surface area contributed by atoms with Crippen molar-refractivity contribution in [2.75, 3.05) is 31.1 Å². The van der Waals surface area contributed by atoms with Crippen LogP contribution in [0.2, 0.25) is 0 Å². The Kier molecular flexibility index (Phi) is 5.90. The van der Waals surface area contributed by atoms with Gasteiger partial charge in [-0.2, -0.15) is 4.98 Å². The van der Waals surface area contributed by atoms with Gasteiger partial charge in [0, 0.05) is 58.0 Å². The van der Waals surface area contributed by atoms with Crippen molar-refractivity contribution in [1.82, 2.24) is 38.7 Å². The molecule has 13 nitrogen and oxygen atoms in total. The highest BCUT2D eigenvalue weighted by Crippen LogP contribution is 2.21. The number of imidazole rings is 1. The standard InChI is InChI=1S/C23H27N9O4/c1-14(2)21-26-19(27-36-21)15-5-6-16(24-11-15)30-7-9-31(10-8-30)17(33)12-32-13-25-20-18(32)22(34)29(4)23(35)28(20)3/h5-6,11,13-14H,7-10,12H2,1-4H3. The number of nitrogens with zero attached hydrogens (tertiary/aromatic N) is 9. The van der Waals surface area contributed by atoms with Gasteiger partial charge < -0.3 is 18.9 Å². The van der Waals surface area contributed by atoms with Gasteiger partial charge in [-0.15, -0.1) is 0 Å². The Morgan fingerprint density at radius 2 is 1.81 bits per heavy atom. The zero-order valence-corrected chi connectivity index (χ0v) is 20.6. The SMILES string of the molecule is CC(C)c1nc(-c2ccc(N3CCN(C(=O)Cn4cnc5c4c(=O)n(C)c(=O)n5C)CC3)nc2)no1. The number of anilines is 1. The van der Waals surface area contributed by atoms with Crippen molar-refractivity contribution in [3.05, 3.63) is 51.4 Å². The average Bonchev–Trinajstić information content (AvgIpc) is 3.55. The number of rotatable bonds is 5. The maximum absolute atomic E-state index is 13.0. The van der Waals surface area contributed by atoms with Gasteiger partial charge in [0.2, 0.25) is 17.6 Å². The summed E-state index contributed by atoms with van der Waals surface area (Å²) in [5.74, 6) is 1.94. The summed E-state index contributed by atoms with van der Waals surface area (Å²) in [5, 5.41) is 4.02. The molecule has 4 aromatic heterocycles. The first-order valence-electron chi connectivity index (χ1n) is 11.7. The van der Waals surface area contributed by atoms with E-state index in [-0.39, 0.29) is 29.5 Å². The van der Waals surface area contributed by atoms with Gasteiger partial charge in [0.1, 0.15) is 12.4 Å². The Morgan fingerprint density at radius 3 is 2.44 bits per heavy atom. The van der Waals surface area contributed by atoms with Crippen LogP contribution in [0.4, 0.5) is 5.82 Å². The number of pyridine rings is 1. The zero-order valence-electron chi connectivity index (χ0n) is 20.6. The number of aromatic nitrogens is 7. The summed E-state index contributed by atoms with van der Waals surface area (Å²) in [6, 6.07) is 3.82. The van der Waals surface area contributed by atoms with E-state index in [1.807, 2.05) is 26.0 Å². The van der Waals surface area contributed by atoms with Crippen LogP contribution in [0.3, 0.4) is 0 Å². The van der Waals surface area contributed by atoms with E-state index in [0.717, 1.165) is 15.9 Å². The van der Waals surface area contributed by atoms with Gasteiger partial charge in [-0.3, -0.25) is 18.7 Å². The number of hydrogen-bond donors (Lipinski definition) is 0. The van der Waals surface area contributed by atoms with Gasteiger partial charge in [-0.25, -0.2) is 14.8 Å². The molecule has 1 fully saturated rings. The summed E-state index contributed by atoms with van der Waals surface area (Å²) in [6.45, 7) is 6.25. The molecule has 5 rings (SSSR count). The van der Waals surface area contributed by atoms with E-state index in [1.54, 1.807) is 18.1 Å². The fourth-order valence-corrected chi connectivity index (χ4v) is 4.24. The number of piperazine rings is 1. The molecule has 0 spiro atoms. The molecule has 36 heavy (non-hydrogen) atoms. The second kappa shape index (κ2) is 9.06. The van der Waals surface area contributed by atoms with Crippen LogP contribution in [0.5, 0.6) is 0 Å². The predicted molar refractivity (Wildman–Crippen MR) is 131 cm³/mol. The largest absolute Gasteiger partial charge is 0.353 e. The molecule has 4 aromatic rings. The molecule has 1 amide bonds. The van der Waals surface area contributed by atoms with Crippen LogP contribution in [0.25, 0.3) is 22.6 Å². The lowest BCUT2D eigenvalue weighted by Crippen LogP contribution is -2.50. The molecule has 0 unspecified atom stereocenters. The summed E-state index contributed by atoms with van der Waals surface area (Å²) in [7, 11) is 2.96. The van der Waals surface area contributed by atoms with E-state index in [9.17, 15) is 14.4 Å². The quantitative estimate of drug-likeness (QED) is 0.386. The summed E-state index contributed by atoms with van der Waals surface area (Å²) >= 11 is 0. The molecule has 0 bridgehead atoms. The predicted octanol–water partition coefficient (Wildman–Crippen LogP) is 0.351. The van der Waals surface area contributed by atoms with Crippen molar-refractivity contribution in [1.29, 1.82) is 0 Å². The van der Waals surface area contributed by atoms with Crippen LogP contribution in [-0.4, -0.2) is 70.8 Å². The number of carbonyl (C=O) groups is 1. The van der Waals surface area contributed by atoms with E-state index in [0.29, 0.717) is 37.9 Å². The highest BCUT2D eigenvalue weighted by molar-refractivity contribution is 5.79. The molecule has 188 valence electrons. The lowest BCUT2D eigenvalue weighted by molar-refractivity contribution is -0.132. The van der Waals surface area contributed by atoms with Crippen molar-refractivity contribution in [2.45, 2.75) is 26.3 Å². The van der Waals surface area contributed by atoms with E-state index in [2.05, 4.69) is 25.0 Å². The lowest BCUT2D eigenvalue weighted by Gasteiger charge is -2.35. The maximum atomic E-state index is 13.0. The van der Waals surface area contributed by atoms with Gasteiger partial charge >= 0.3 is 5.69 Å². The summed E-state index contributed by atoms with van der Waals surface area (Å²) in [6.07, 6.45) is 3.15. The minimum absolute atomic E-state index is 0.0278. The van der Waals surface area contributed by atoms with Crippen molar-refractivity contribution in [3.8, 4) is 11.4 Å². The molecular weight excluding hydrogens is 466 g/mol. The summed E-state index contributed by atoms with van der Waals surface area (Å²) in [5.41, 5.74) is 0.340. The van der Waals surface area contributed by atoms with Gasteiger partial charge in [0.15, 0.2) is 11.2 Å². The molecule has 0 N–H and O–H groups in total. The molecular formula is C23H27N9O4. The third kappa shape index (κ3) is 4.06. The van der Waals surface area contributed by atoms with Gasteiger partial charge in [-0.1, -0.05) is 19.0 Å². The van der Waals surface area contributed by atoms with Gasteiger partial charge in [0.25, 0.3) is 5.56 Å². The molecule has 0 aliphatic carbocycles. The number of carbonyl (C=O) groups excluding carboxylic acids is 1. The molecule has 0 atom stereocenters. The first-order chi connectivity index (χ1) is 17.2. The van der Waals surface area contributed by atoms with E-state index in [4.69, 9.17) is 4.52 Å². The first-order valence-corrected chi connectivity index (χ1v) is 11.7. The third-order valence-corrected chi connectivity index (χ3v) is 6.42. The smallest absolute Gasteiger partial charge is 0.332 e. The monoisotopic (exact) mass is 493 g/mol. The Morgan fingerprint density at radius 1 is 1.06 bits per heavy atom. The van der Waals surface area contributed by atoms with Crippen molar-refractivity contribution >= 4 is 22.9 Å². The maximum Gasteiger partial charge on any atom is 0.332 e. The van der Waals surface area contributed by atoms with E-state index < -0.39 is 11.2 Å². The number of fused-ring (bicyclic) bond motifs is 1. The minimum atomic E-state index is -0.473.